The summed E-state index contributed by atoms with van der Waals surface area (Å²) in [7, 11) is 0. The van der Waals surface area contributed by atoms with Crippen LogP contribution in [0.15, 0.2) is 36.4 Å². The van der Waals surface area contributed by atoms with E-state index in [2.05, 4.69) is 0 Å². The molecule has 3 rings (SSSR count). The molecule has 0 bridgehead atoms. The predicted octanol–water partition coefficient (Wildman–Crippen LogP) is 2.31. The molecule has 1 heterocycles. The van der Waals surface area contributed by atoms with Gasteiger partial charge < -0.3 is 25.7 Å². The second-order valence-corrected chi connectivity index (χ2v) is 4.75. The second-order valence-electron chi connectivity index (χ2n) is 4.75. The van der Waals surface area contributed by atoms with Gasteiger partial charge in [-0.25, -0.2) is 0 Å². The molecule has 5 heteroatoms. The molecular formula is C16H18N2O3. The largest absolute Gasteiger partial charge is 0.490 e. The summed E-state index contributed by atoms with van der Waals surface area (Å²) in [4.78, 5) is 0. The third-order valence-corrected chi connectivity index (χ3v) is 3.34. The monoisotopic (exact) mass is 286 g/mol. The summed E-state index contributed by atoms with van der Waals surface area (Å²) < 4.78 is 17.0. The molecule has 0 radical (unpaired) electrons. The van der Waals surface area contributed by atoms with Gasteiger partial charge in [-0.1, -0.05) is 12.1 Å². The smallest absolute Gasteiger partial charge is 0.129 e. The Balaban J connectivity index is 2.20. The quantitative estimate of drug-likeness (QED) is 0.726. The van der Waals surface area contributed by atoms with Gasteiger partial charge in [-0.15, -0.1) is 0 Å². The predicted molar refractivity (Wildman–Crippen MR) is 82.5 cm³/mol. The van der Waals surface area contributed by atoms with Crippen LogP contribution in [0.5, 0.6) is 11.5 Å². The molecule has 0 fully saturated rings. The number of anilines is 2. The SMILES string of the molecule is Nc1cccc2c1-c1c(N)cccc1OCCOCCO2. The summed E-state index contributed by atoms with van der Waals surface area (Å²) in [5, 5.41) is 0. The van der Waals surface area contributed by atoms with Gasteiger partial charge >= 0.3 is 0 Å². The Bertz CT molecular complexity index is 588. The highest BCUT2D eigenvalue weighted by atomic mass is 16.5. The summed E-state index contributed by atoms with van der Waals surface area (Å²) in [6, 6.07) is 11.1. The van der Waals surface area contributed by atoms with Gasteiger partial charge in [0.25, 0.3) is 0 Å². The summed E-state index contributed by atoms with van der Waals surface area (Å²) in [6.07, 6.45) is 0. The second kappa shape index (κ2) is 5.93. The van der Waals surface area contributed by atoms with Crippen molar-refractivity contribution in [3.8, 4) is 22.6 Å². The molecule has 1 aliphatic rings. The van der Waals surface area contributed by atoms with Crippen LogP contribution in [0.4, 0.5) is 11.4 Å². The Kier molecular flexibility index (Phi) is 3.83. The molecule has 2 aromatic rings. The maximum absolute atomic E-state index is 6.15. The lowest BCUT2D eigenvalue weighted by atomic mass is 9.99. The third kappa shape index (κ3) is 2.73. The maximum Gasteiger partial charge on any atom is 0.129 e. The Morgan fingerprint density at radius 1 is 0.667 bits per heavy atom. The molecule has 0 aliphatic carbocycles. The van der Waals surface area contributed by atoms with E-state index < -0.39 is 0 Å². The molecule has 0 atom stereocenters. The average Bonchev–Trinajstić information content (AvgIpc) is 2.51. The van der Waals surface area contributed by atoms with Gasteiger partial charge in [-0.2, -0.15) is 0 Å². The number of hydrogen-bond acceptors (Lipinski definition) is 5. The molecule has 0 saturated heterocycles. The van der Waals surface area contributed by atoms with Gasteiger partial charge in [0.2, 0.25) is 0 Å². The number of hydrogen-bond donors (Lipinski definition) is 2. The zero-order valence-electron chi connectivity index (χ0n) is 11.7. The Morgan fingerprint density at radius 2 is 1.14 bits per heavy atom. The van der Waals surface area contributed by atoms with Crippen LogP contribution >= 0.6 is 0 Å². The minimum Gasteiger partial charge on any atom is -0.490 e. The van der Waals surface area contributed by atoms with Crippen molar-refractivity contribution in [2.75, 3.05) is 37.9 Å². The van der Waals surface area contributed by atoms with Gasteiger partial charge in [0.15, 0.2) is 0 Å². The fourth-order valence-corrected chi connectivity index (χ4v) is 2.40. The molecule has 5 nitrogen and oxygen atoms in total. The number of nitrogen functional groups attached to an aromatic ring is 2. The summed E-state index contributed by atoms with van der Waals surface area (Å²) in [5.41, 5.74) is 15.1. The normalized spacial score (nSPS) is 14.9. The lowest BCUT2D eigenvalue weighted by Gasteiger charge is -2.17. The number of rotatable bonds is 0. The van der Waals surface area contributed by atoms with Crippen LogP contribution in [0.25, 0.3) is 11.1 Å². The summed E-state index contributed by atoms with van der Waals surface area (Å²) in [5.74, 6) is 1.37. The molecule has 4 N–H and O–H groups in total. The van der Waals surface area contributed by atoms with Gasteiger partial charge in [0, 0.05) is 11.4 Å². The minimum atomic E-state index is 0.457. The lowest BCUT2D eigenvalue weighted by Crippen LogP contribution is -2.11. The van der Waals surface area contributed by atoms with Gasteiger partial charge in [-0.05, 0) is 24.3 Å². The van der Waals surface area contributed by atoms with E-state index in [1.807, 2.05) is 36.4 Å². The molecular weight excluding hydrogens is 268 g/mol. The van der Waals surface area contributed by atoms with E-state index >= 15 is 0 Å². The van der Waals surface area contributed by atoms with Crippen molar-refractivity contribution in [1.82, 2.24) is 0 Å². The lowest BCUT2D eigenvalue weighted by molar-refractivity contribution is 0.0775. The Labute approximate surface area is 123 Å². The van der Waals surface area contributed by atoms with Crippen molar-refractivity contribution >= 4 is 11.4 Å². The molecule has 110 valence electrons. The van der Waals surface area contributed by atoms with Gasteiger partial charge in [-0.3, -0.25) is 0 Å². The highest BCUT2D eigenvalue weighted by molar-refractivity contribution is 5.92. The first-order valence-electron chi connectivity index (χ1n) is 6.88. The van der Waals surface area contributed by atoms with Crippen molar-refractivity contribution in [2.24, 2.45) is 0 Å². The number of ether oxygens (including phenoxy) is 3. The van der Waals surface area contributed by atoms with Crippen molar-refractivity contribution in [2.45, 2.75) is 0 Å². The molecule has 21 heavy (non-hydrogen) atoms. The molecule has 0 saturated carbocycles. The molecule has 2 aromatic carbocycles. The van der Waals surface area contributed by atoms with Crippen molar-refractivity contribution in [1.29, 1.82) is 0 Å². The van der Waals surface area contributed by atoms with Crippen LogP contribution in [0.2, 0.25) is 0 Å². The molecule has 0 amide bonds. The fraction of sp³-hybridized carbons (Fsp3) is 0.250. The standard InChI is InChI=1S/C16H18N2O3/c17-11-3-1-5-13-15(11)16-12(18)4-2-6-14(16)21-10-8-19-7-9-20-13/h1-6H,7-10,17-18H2. The molecule has 0 spiro atoms. The third-order valence-electron chi connectivity index (χ3n) is 3.34. The van der Waals surface area contributed by atoms with E-state index in [0.717, 1.165) is 11.1 Å². The molecule has 0 aromatic heterocycles. The van der Waals surface area contributed by atoms with E-state index in [1.165, 1.54) is 0 Å². The average molecular weight is 286 g/mol. The first-order chi connectivity index (χ1) is 10.3. The highest BCUT2D eigenvalue weighted by Crippen LogP contribution is 2.43. The van der Waals surface area contributed by atoms with E-state index in [9.17, 15) is 0 Å². The van der Waals surface area contributed by atoms with Crippen molar-refractivity contribution in [3.63, 3.8) is 0 Å². The zero-order chi connectivity index (χ0) is 14.7. The van der Waals surface area contributed by atoms with Crippen molar-refractivity contribution in [3.05, 3.63) is 36.4 Å². The number of benzene rings is 2. The molecule has 1 aliphatic heterocycles. The Morgan fingerprint density at radius 3 is 1.62 bits per heavy atom. The summed E-state index contributed by atoms with van der Waals surface area (Å²) in [6.45, 7) is 1.92. The number of nitrogens with two attached hydrogens (primary N) is 2. The van der Waals surface area contributed by atoms with Gasteiger partial charge in [0.05, 0.1) is 24.3 Å². The first-order valence-corrected chi connectivity index (χ1v) is 6.88. The van der Waals surface area contributed by atoms with E-state index in [4.69, 9.17) is 25.7 Å². The zero-order valence-corrected chi connectivity index (χ0v) is 11.7. The topological polar surface area (TPSA) is 79.7 Å². The van der Waals surface area contributed by atoms with Crippen molar-refractivity contribution < 1.29 is 14.2 Å². The van der Waals surface area contributed by atoms with Crippen LogP contribution < -0.4 is 20.9 Å². The van der Waals surface area contributed by atoms with Gasteiger partial charge in [0.1, 0.15) is 24.7 Å². The molecule has 0 unspecified atom stereocenters. The number of fused-ring (bicyclic) bond motifs is 3. The van der Waals surface area contributed by atoms with Crippen LogP contribution in [0.1, 0.15) is 0 Å². The fourth-order valence-electron chi connectivity index (χ4n) is 2.40. The first kappa shape index (κ1) is 13.6. The van der Waals surface area contributed by atoms with E-state index in [-0.39, 0.29) is 0 Å². The van der Waals surface area contributed by atoms with Crippen LogP contribution in [0, 0.1) is 0 Å². The Hall–Kier alpha value is -2.40. The van der Waals surface area contributed by atoms with E-state index in [0.29, 0.717) is 49.3 Å². The highest BCUT2D eigenvalue weighted by Gasteiger charge is 2.18. The van der Waals surface area contributed by atoms with Crippen LogP contribution in [-0.4, -0.2) is 26.4 Å². The maximum atomic E-state index is 6.15. The minimum absolute atomic E-state index is 0.457. The van der Waals surface area contributed by atoms with Crippen LogP contribution in [0.3, 0.4) is 0 Å². The van der Waals surface area contributed by atoms with E-state index in [1.54, 1.807) is 0 Å². The summed E-state index contributed by atoms with van der Waals surface area (Å²) >= 11 is 0. The van der Waals surface area contributed by atoms with Crippen LogP contribution in [-0.2, 0) is 4.74 Å².